The molecule has 202 valence electrons. The maximum Gasteiger partial charge on any atom is 0.407 e. The molecule has 2 aromatic rings. The number of hydrogen-bond acceptors (Lipinski definition) is 6. The van der Waals surface area contributed by atoms with Gasteiger partial charge in [0.1, 0.15) is 5.60 Å². The van der Waals surface area contributed by atoms with Gasteiger partial charge < -0.3 is 25.3 Å². The minimum Gasteiger partial charge on any atom is -0.462 e. The summed E-state index contributed by atoms with van der Waals surface area (Å²) in [7, 11) is 0. The van der Waals surface area contributed by atoms with Gasteiger partial charge >= 0.3 is 12.1 Å². The zero-order chi connectivity index (χ0) is 27.6. The van der Waals surface area contributed by atoms with E-state index in [1.165, 1.54) is 6.08 Å². The molecule has 2 atom stereocenters. The average molecular weight is 513 g/mol. The quantitative estimate of drug-likeness (QED) is 0.301. The Labute approximate surface area is 219 Å². The smallest absolute Gasteiger partial charge is 0.407 e. The summed E-state index contributed by atoms with van der Waals surface area (Å²) in [4.78, 5) is 35.4. The largest absolute Gasteiger partial charge is 0.462 e. The van der Waals surface area contributed by atoms with E-state index in [0.717, 1.165) is 21.9 Å². The number of carbonyl (C=O) groups is 3. The van der Waals surface area contributed by atoms with Crippen LogP contribution < -0.4 is 11.1 Å². The second kappa shape index (κ2) is 13.8. The second-order valence-electron chi connectivity index (χ2n) is 10.6. The van der Waals surface area contributed by atoms with E-state index >= 15 is 0 Å². The van der Waals surface area contributed by atoms with Crippen LogP contribution in [0, 0.1) is 5.92 Å². The highest BCUT2D eigenvalue weighted by atomic mass is 16.6. The predicted octanol–water partition coefficient (Wildman–Crippen LogP) is 5.12. The molecule has 0 saturated heterocycles. The van der Waals surface area contributed by atoms with Gasteiger partial charge in [-0.3, -0.25) is 4.79 Å². The van der Waals surface area contributed by atoms with Gasteiger partial charge in [-0.05, 0) is 80.1 Å². The molecule has 3 N–H and O–H groups in total. The molecule has 0 radical (unpaired) electrons. The molecule has 8 heteroatoms. The molecule has 0 aliphatic carbocycles. The van der Waals surface area contributed by atoms with Crippen LogP contribution in [-0.4, -0.2) is 42.3 Å². The first-order valence-corrected chi connectivity index (χ1v) is 12.6. The number of hydrogen-bond donors (Lipinski definition) is 2. The molecule has 37 heavy (non-hydrogen) atoms. The molecule has 0 fully saturated rings. The van der Waals surface area contributed by atoms with E-state index in [4.69, 9.17) is 19.9 Å². The van der Waals surface area contributed by atoms with E-state index in [0.29, 0.717) is 25.6 Å². The highest BCUT2D eigenvalue weighted by Crippen LogP contribution is 2.20. The number of nitrogens with two attached hydrogens (primary N) is 1. The maximum atomic E-state index is 12.3. The monoisotopic (exact) mass is 512 g/mol. The normalized spacial score (nSPS) is 13.5. The topological polar surface area (TPSA) is 117 Å². The summed E-state index contributed by atoms with van der Waals surface area (Å²) in [5.41, 5.74) is 6.53. The number of esters is 1. The van der Waals surface area contributed by atoms with Crippen LogP contribution in [-0.2, 0) is 30.4 Å². The summed E-state index contributed by atoms with van der Waals surface area (Å²) in [6, 6.07) is 11.5. The third-order valence-electron chi connectivity index (χ3n) is 5.38. The van der Waals surface area contributed by atoms with Gasteiger partial charge in [0.15, 0.2) is 0 Å². The number of carbonyl (C=O) groups excluding carboxylic acids is 3. The fraction of sp³-hybridized carbons (Fsp3) is 0.483. The number of primary amides is 1. The summed E-state index contributed by atoms with van der Waals surface area (Å²) < 4.78 is 16.6. The van der Waals surface area contributed by atoms with Crippen LogP contribution in [0.1, 0.15) is 65.5 Å². The lowest BCUT2D eigenvalue weighted by Gasteiger charge is -2.27. The van der Waals surface area contributed by atoms with E-state index in [9.17, 15) is 14.4 Å². The number of ether oxygens (including phenoxy) is 3. The molecule has 0 aromatic heterocycles. The Kier molecular flexibility index (Phi) is 11.1. The summed E-state index contributed by atoms with van der Waals surface area (Å²) in [6.07, 6.45) is 2.69. The number of benzene rings is 2. The van der Waals surface area contributed by atoms with Gasteiger partial charge in [-0.25, -0.2) is 9.59 Å². The van der Waals surface area contributed by atoms with Gasteiger partial charge in [0.2, 0.25) is 5.91 Å². The minimum atomic E-state index is -0.639. The van der Waals surface area contributed by atoms with Gasteiger partial charge in [-0.1, -0.05) is 38.1 Å². The van der Waals surface area contributed by atoms with Crippen molar-refractivity contribution in [3.63, 3.8) is 0 Å². The molecule has 8 nitrogen and oxygen atoms in total. The number of rotatable bonds is 12. The highest BCUT2D eigenvalue weighted by molar-refractivity contribution is 5.89. The molecule has 2 aromatic carbocycles. The number of nitrogens with one attached hydrogen (secondary N) is 1. The second-order valence-corrected chi connectivity index (χ2v) is 10.6. The minimum absolute atomic E-state index is 0.121. The first-order chi connectivity index (χ1) is 17.3. The predicted molar refractivity (Wildman–Crippen MR) is 145 cm³/mol. The zero-order valence-corrected chi connectivity index (χ0v) is 22.7. The lowest BCUT2D eigenvalue weighted by Crippen LogP contribution is -2.45. The molecule has 0 saturated carbocycles. The Morgan fingerprint density at radius 2 is 1.70 bits per heavy atom. The van der Waals surface area contributed by atoms with Gasteiger partial charge in [0.05, 0.1) is 25.4 Å². The Bertz CT molecular complexity index is 1100. The average Bonchev–Trinajstić information content (AvgIpc) is 2.80. The van der Waals surface area contributed by atoms with Crippen LogP contribution in [0.4, 0.5) is 4.79 Å². The SMILES string of the molecule is CC(C)COC(=O)/C=C/c1ccc2cc(CO[C@H](C)[C@H](CCC(N)=O)NC(=O)OC(C)(C)C)ccc2c1. The molecule has 0 unspecified atom stereocenters. The molecule has 0 bridgehead atoms. The molecule has 0 aliphatic heterocycles. The zero-order valence-electron chi connectivity index (χ0n) is 22.7. The summed E-state index contributed by atoms with van der Waals surface area (Å²) in [6.45, 7) is 11.9. The van der Waals surface area contributed by atoms with Crippen LogP contribution in [0.15, 0.2) is 42.5 Å². The van der Waals surface area contributed by atoms with Crippen molar-refractivity contribution in [3.8, 4) is 0 Å². The van der Waals surface area contributed by atoms with Crippen molar-refractivity contribution in [1.82, 2.24) is 5.32 Å². The third kappa shape index (κ3) is 11.5. The lowest BCUT2D eigenvalue weighted by molar-refractivity contribution is -0.138. The van der Waals surface area contributed by atoms with E-state index < -0.39 is 23.6 Å². The first-order valence-electron chi connectivity index (χ1n) is 12.6. The van der Waals surface area contributed by atoms with Crippen molar-refractivity contribution in [3.05, 3.63) is 53.6 Å². The Hall–Kier alpha value is -3.39. The Morgan fingerprint density at radius 1 is 1.03 bits per heavy atom. The van der Waals surface area contributed by atoms with Gasteiger partial charge in [0, 0.05) is 12.5 Å². The number of amides is 2. The number of alkyl carbamates (subject to hydrolysis) is 1. The van der Waals surface area contributed by atoms with Crippen molar-refractivity contribution in [1.29, 1.82) is 0 Å². The number of fused-ring (bicyclic) bond motifs is 1. The Morgan fingerprint density at radius 3 is 2.35 bits per heavy atom. The molecule has 0 heterocycles. The van der Waals surface area contributed by atoms with Crippen LogP contribution in [0.5, 0.6) is 0 Å². The van der Waals surface area contributed by atoms with Crippen molar-refractivity contribution < 1.29 is 28.6 Å². The first kappa shape index (κ1) is 29.8. The van der Waals surface area contributed by atoms with Crippen molar-refractivity contribution in [2.75, 3.05) is 6.61 Å². The third-order valence-corrected chi connectivity index (χ3v) is 5.38. The fourth-order valence-corrected chi connectivity index (χ4v) is 3.49. The molecule has 0 spiro atoms. The summed E-state index contributed by atoms with van der Waals surface area (Å²) in [5.74, 6) is -0.508. The Balaban J connectivity index is 2.02. The van der Waals surface area contributed by atoms with Crippen molar-refractivity contribution in [2.45, 2.75) is 78.7 Å². The lowest BCUT2D eigenvalue weighted by atomic mass is 10.0. The molecule has 2 amide bonds. The molecular formula is C29H40N2O6. The van der Waals surface area contributed by atoms with Crippen LogP contribution in [0.2, 0.25) is 0 Å². The summed E-state index contributed by atoms with van der Waals surface area (Å²) >= 11 is 0. The van der Waals surface area contributed by atoms with E-state index in [2.05, 4.69) is 5.32 Å². The van der Waals surface area contributed by atoms with Gasteiger partial charge in [-0.2, -0.15) is 0 Å². The van der Waals surface area contributed by atoms with Gasteiger partial charge in [0.25, 0.3) is 0 Å². The fourth-order valence-electron chi connectivity index (χ4n) is 3.49. The molecular weight excluding hydrogens is 472 g/mol. The summed E-state index contributed by atoms with van der Waals surface area (Å²) in [5, 5.41) is 4.86. The van der Waals surface area contributed by atoms with Crippen LogP contribution >= 0.6 is 0 Å². The van der Waals surface area contributed by atoms with E-state index in [1.807, 2.05) is 57.2 Å². The van der Waals surface area contributed by atoms with Crippen molar-refractivity contribution >= 4 is 34.8 Å². The van der Waals surface area contributed by atoms with Crippen molar-refractivity contribution in [2.24, 2.45) is 11.7 Å². The van der Waals surface area contributed by atoms with Crippen LogP contribution in [0.3, 0.4) is 0 Å². The van der Waals surface area contributed by atoms with Crippen LogP contribution in [0.25, 0.3) is 16.8 Å². The maximum absolute atomic E-state index is 12.3. The van der Waals surface area contributed by atoms with Gasteiger partial charge in [-0.15, -0.1) is 0 Å². The van der Waals surface area contributed by atoms with E-state index in [1.54, 1.807) is 26.8 Å². The highest BCUT2D eigenvalue weighted by Gasteiger charge is 2.24. The molecule has 0 aliphatic rings. The standard InChI is InChI=1S/C29H40N2O6/c1-19(2)17-36-27(33)14-9-21-7-10-24-16-22(8-11-23(24)15-21)18-35-20(3)25(12-13-26(30)32)31-28(34)37-29(4,5)6/h7-11,14-16,19-20,25H,12-13,17-18H2,1-6H3,(H2,30,32)(H,31,34)/b14-9+/t20-,25+/m1/s1. The van der Waals surface area contributed by atoms with E-state index in [-0.39, 0.29) is 18.5 Å². The molecule has 2 rings (SSSR count).